The van der Waals surface area contributed by atoms with Crippen LogP contribution in [-0.4, -0.2) is 15.0 Å². The van der Waals surface area contributed by atoms with Crippen LogP contribution >= 0.6 is 11.6 Å². The van der Waals surface area contributed by atoms with Crippen molar-refractivity contribution in [2.45, 2.75) is 6.92 Å². The number of ether oxygens (including phenoxy) is 1. The summed E-state index contributed by atoms with van der Waals surface area (Å²) in [5.41, 5.74) is 0.789. The van der Waals surface area contributed by atoms with Gasteiger partial charge in [0.25, 0.3) is 0 Å². The molecule has 1 aromatic carbocycles. The number of hydrogen-bond donors (Lipinski definition) is 0. The summed E-state index contributed by atoms with van der Waals surface area (Å²) in [6.45, 7) is 1.76. The van der Waals surface area contributed by atoms with E-state index in [1.54, 1.807) is 19.2 Å². The summed E-state index contributed by atoms with van der Waals surface area (Å²) >= 11 is 5.89. The first kappa shape index (κ1) is 11.9. The van der Waals surface area contributed by atoms with E-state index in [2.05, 4.69) is 15.0 Å². The number of hydrogen-bond acceptors (Lipinski definition) is 4. The molecule has 3 rings (SSSR count). The number of benzene rings is 1. The molecule has 94 valence electrons. The fraction of sp³-hybridized carbons (Fsp3) is 0.0714. The molecule has 2 heterocycles. The lowest BCUT2D eigenvalue weighted by molar-refractivity contribution is 0.464. The molecule has 0 saturated carbocycles. The Kier molecular flexibility index (Phi) is 3.01. The van der Waals surface area contributed by atoms with E-state index in [0.29, 0.717) is 22.6 Å². The van der Waals surface area contributed by atoms with Crippen molar-refractivity contribution < 1.29 is 4.74 Å². The van der Waals surface area contributed by atoms with Crippen molar-refractivity contribution in [3.63, 3.8) is 0 Å². The van der Waals surface area contributed by atoms with Gasteiger partial charge in [-0.05, 0) is 19.1 Å². The maximum atomic E-state index is 5.89. The Hall–Kier alpha value is -2.20. The number of para-hydroxylation sites is 1. The largest absolute Gasteiger partial charge is 0.437 e. The molecule has 0 saturated heterocycles. The van der Waals surface area contributed by atoms with Crippen molar-refractivity contribution in [1.82, 2.24) is 15.0 Å². The van der Waals surface area contributed by atoms with Gasteiger partial charge in [0.05, 0.1) is 0 Å². The van der Waals surface area contributed by atoms with Gasteiger partial charge in [0.15, 0.2) is 5.75 Å². The summed E-state index contributed by atoms with van der Waals surface area (Å²) in [5.74, 6) is 1.62. The minimum Gasteiger partial charge on any atom is -0.437 e. The van der Waals surface area contributed by atoms with Gasteiger partial charge in [-0.15, -0.1) is 0 Å². The highest BCUT2D eigenvalue weighted by molar-refractivity contribution is 6.29. The average molecular weight is 272 g/mol. The van der Waals surface area contributed by atoms with Gasteiger partial charge in [0.1, 0.15) is 16.5 Å². The standard InChI is InChI=1S/C14H10ClN3O/c1-9-17-12(15)8-13(18-9)19-11-6-2-4-10-5-3-7-16-14(10)11/h2-8H,1H3. The van der Waals surface area contributed by atoms with E-state index in [9.17, 15) is 0 Å². The highest BCUT2D eigenvalue weighted by atomic mass is 35.5. The van der Waals surface area contributed by atoms with Crippen LogP contribution in [0.3, 0.4) is 0 Å². The number of fused-ring (bicyclic) bond motifs is 1. The zero-order valence-electron chi connectivity index (χ0n) is 10.2. The van der Waals surface area contributed by atoms with Crippen LogP contribution in [0.25, 0.3) is 10.9 Å². The van der Waals surface area contributed by atoms with E-state index in [-0.39, 0.29) is 0 Å². The molecule has 0 aliphatic carbocycles. The lowest BCUT2D eigenvalue weighted by Crippen LogP contribution is -1.94. The Bertz CT molecular complexity index is 720. The summed E-state index contributed by atoms with van der Waals surface area (Å²) in [7, 11) is 0. The topological polar surface area (TPSA) is 47.9 Å². The predicted octanol–water partition coefficient (Wildman–Crippen LogP) is 3.78. The smallest absolute Gasteiger partial charge is 0.224 e. The quantitative estimate of drug-likeness (QED) is 0.666. The van der Waals surface area contributed by atoms with Crippen molar-refractivity contribution in [3.05, 3.63) is 53.6 Å². The Morgan fingerprint density at radius 1 is 1.11 bits per heavy atom. The summed E-state index contributed by atoms with van der Waals surface area (Å²) in [5, 5.41) is 1.37. The van der Waals surface area contributed by atoms with Gasteiger partial charge in [-0.25, -0.2) is 4.98 Å². The minimum atomic E-state index is 0.357. The van der Waals surface area contributed by atoms with Gasteiger partial charge in [0.2, 0.25) is 5.88 Å². The molecule has 0 radical (unpaired) electrons. The lowest BCUT2D eigenvalue weighted by Gasteiger charge is -2.07. The summed E-state index contributed by atoms with van der Waals surface area (Å²) in [6.07, 6.45) is 1.73. The highest BCUT2D eigenvalue weighted by Gasteiger charge is 2.06. The number of aryl methyl sites for hydroxylation is 1. The third kappa shape index (κ3) is 2.48. The van der Waals surface area contributed by atoms with Crippen LogP contribution in [0.5, 0.6) is 11.6 Å². The third-order valence-corrected chi connectivity index (χ3v) is 2.79. The van der Waals surface area contributed by atoms with Crippen molar-refractivity contribution in [2.75, 3.05) is 0 Å². The van der Waals surface area contributed by atoms with Gasteiger partial charge in [0, 0.05) is 17.6 Å². The zero-order valence-corrected chi connectivity index (χ0v) is 10.9. The molecule has 0 aliphatic rings. The van der Waals surface area contributed by atoms with Crippen molar-refractivity contribution in [2.24, 2.45) is 0 Å². The Labute approximate surface area is 115 Å². The van der Waals surface area contributed by atoms with Gasteiger partial charge < -0.3 is 4.74 Å². The second-order valence-electron chi connectivity index (χ2n) is 4.01. The third-order valence-electron chi connectivity index (χ3n) is 2.59. The lowest BCUT2D eigenvalue weighted by atomic mass is 10.2. The monoisotopic (exact) mass is 271 g/mol. The molecule has 0 amide bonds. The number of nitrogens with zero attached hydrogens (tertiary/aromatic N) is 3. The van der Waals surface area contributed by atoms with E-state index in [1.807, 2.05) is 30.3 Å². The number of pyridine rings is 1. The molecule has 4 nitrogen and oxygen atoms in total. The van der Waals surface area contributed by atoms with Crippen LogP contribution in [-0.2, 0) is 0 Å². The Morgan fingerprint density at radius 3 is 2.79 bits per heavy atom. The molecule has 5 heteroatoms. The molecule has 0 bridgehead atoms. The highest BCUT2D eigenvalue weighted by Crippen LogP contribution is 2.27. The van der Waals surface area contributed by atoms with Gasteiger partial charge in [-0.1, -0.05) is 29.8 Å². The first-order valence-corrected chi connectivity index (χ1v) is 6.13. The number of halogens is 1. The minimum absolute atomic E-state index is 0.357. The first-order chi connectivity index (χ1) is 9.22. The molecule has 0 aliphatic heterocycles. The Morgan fingerprint density at radius 2 is 1.95 bits per heavy atom. The maximum absolute atomic E-state index is 5.89. The maximum Gasteiger partial charge on any atom is 0.224 e. The zero-order chi connectivity index (χ0) is 13.2. The van der Waals surface area contributed by atoms with Gasteiger partial charge in [-0.3, -0.25) is 4.98 Å². The van der Waals surface area contributed by atoms with Crippen LogP contribution < -0.4 is 4.74 Å². The average Bonchev–Trinajstić information content (AvgIpc) is 2.38. The predicted molar refractivity (Wildman–Crippen MR) is 73.6 cm³/mol. The van der Waals surface area contributed by atoms with Gasteiger partial charge in [-0.2, -0.15) is 4.98 Å². The van der Waals surface area contributed by atoms with E-state index in [0.717, 1.165) is 10.9 Å². The molecule has 0 fully saturated rings. The van der Waals surface area contributed by atoms with Crippen LogP contribution in [0.2, 0.25) is 5.15 Å². The molecule has 0 N–H and O–H groups in total. The molecule has 0 unspecified atom stereocenters. The van der Waals surface area contributed by atoms with E-state index in [1.165, 1.54) is 0 Å². The SMILES string of the molecule is Cc1nc(Cl)cc(Oc2cccc3cccnc23)n1. The molecular formula is C14H10ClN3O. The van der Waals surface area contributed by atoms with Crippen LogP contribution in [0.1, 0.15) is 5.82 Å². The van der Waals surface area contributed by atoms with Crippen LogP contribution in [0, 0.1) is 6.92 Å². The van der Waals surface area contributed by atoms with Crippen molar-refractivity contribution >= 4 is 22.5 Å². The van der Waals surface area contributed by atoms with Gasteiger partial charge >= 0.3 is 0 Å². The number of aromatic nitrogens is 3. The molecular weight excluding hydrogens is 262 g/mol. The van der Waals surface area contributed by atoms with Crippen LogP contribution in [0.15, 0.2) is 42.6 Å². The molecule has 3 aromatic rings. The van der Waals surface area contributed by atoms with E-state index >= 15 is 0 Å². The summed E-state index contributed by atoms with van der Waals surface area (Å²) in [6, 6.07) is 11.2. The molecule has 0 atom stereocenters. The number of rotatable bonds is 2. The summed E-state index contributed by atoms with van der Waals surface area (Å²) in [4.78, 5) is 12.5. The fourth-order valence-electron chi connectivity index (χ4n) is 1.83. The first-order valence-electron chi connectivity index (χ1n) is 5.75. The molecule has 2 aromatic heterocycles. The summed E-state index contributed by atoms with van der Waals surface area (Å²) < 4.78 is 5.76. The normalized spacial score (nSPS) is 10.6. The fourth-order valence-corrected chi connectivity index (χ4v) is 2.04. The second kappa shape index (κ2) is 4.82. The second-order valence-corrected chi connectivity index (χ2v) is 4.40. The molecule has 19 heavy (non-hydrogen) atoms. The van der Waals surface area contributed by atoms with E-state index in [4.69, 9.17) is 16.3 Å². The Balaban J connectivity index is 2.05. The van der Waals surface area contributed by atoms with Crippen LogP contribution in [0.4, 0.5) is 0 Å². The van der Waals surface area contributed by atoms with E-state index < -0.39 is 0 Å². The van der Waals surface area contributed by atoms with Crippen molar-refractivity contribution in [1.29, 1.82) is 0 Å². The molecule has 0 spiro atoms. The van der Waals surface area contributed by atoms with Crippen molar-refractivity contribution in [3.8, 4) is 11.6 Å².